The highest BCUT2D eigenvalue weighted by Gasteiger charge is 2.33. The molecule has 2 aliphatic rings. The van der Waals surface area contributed by atoms with Crippen LogP contribution in [0.3, 0.4) is 0 Å². The minimum absolute atomic E-state index is 0.140. The molecule has 1 fully saturated rings. The van der Waals surface area contributed by atoms with E-state index in [1.54, 1.807) is 22.1 Å². The third kappa shape index (κ3) is 4.38. The zero-order valence-electron chi connectivity index (χ0n) is 19.5. The van der Waals surface area contributed by atoms with Crippen LogP contribution >= 0.6 is 23.4 Å². The van der Waals surface area contributed by atoms with Gasteiger partial charge in [0.25, 0.3) is 0 Å². The molecule has 3 aromatic carbocycles. The zero-order chi connectivity index (χ0) is 24.7. The second kappa shape index (κ2) is 9.70. The number of benzene rings is 3. The van der Waals surface area contributed by atoms with Gasteiger partial charge < -0.3 is 5.32 Å². The minimum atomic E-state index is -3.75. The molecular formula is C26H25ClN4O3S2. The van der Waals surface area contributed by atoms with E-state index in [2.05, 4.69) is 33.8 Å². The van der Waals surface area contributed by atoms with Crippen molar-refractivity contribution in [1.82, 2.24) is 14.6 Å². The highest BCUT2D eigenvalue weighted by atomic mass is 35.5. The molecule has 186 valence electrons. The van der Waals surface area contributed by atoms with E-state index in [4.69, 9.17) is 16.2 Å². The third-order valence-electron chi connectivity index (χ3n) is 7.01. The van der Waals surface area contributed by atoms with E-state index < -0.39 is 10.0 Å². The van der Waals surface area contributed by atoms with Crippen molar-refractivity contribution in [2.45, 2.75) is 46.3 Å². The number of hydrogen-bond donors (Lipinski definition) is 1. The number of halogens is 1. The second-order valence-corrected chi connectivity index (χ2v) is 12.6. The van der Waals surface area contributed by atoms with Crippen molar-refractivity contribution < 1.29 is 13.0 Å². The highest BCUT2D eigenvalue weighted by molar-refractivity contribution is 7.99. The second-order valence-electron chi connectivity index (χ2n) is 9.18. The van der Waals surface area contributed by atoms with Crippen molar-refractivity contribution in [1.29, 1.82) is 0 Å². The van der Waals surface area contributed by atoms with Gasteiger partial charge in [-0.1, -0.05) is 47.6 Å². The average molecular weight is 541 g/mol. The highest BCUT2D eigenvalue weighted by Crippen LogP contribution is 2.41. The number of hydrogen-bond acceptors (Lipinski definition) is 7. The summed E-state index contributed by atoms with van der Waals surface area (Å²) in [5, 5.41) is 12.3. The van der Waals surface area contributed by atoms with Crippen LogP contribution in [0.15, 0.2) is 73.9 Å². The van der Waals surface area contributed by atoms with Crippen molar-refractivity contribution in [3.8, 4) is 0 Å². The van der Waals surface area contributed by atoms with Gasteiger partial charge in [0.05, 0.1) is 5.69 Å². The summed E-state index contributed by atoms with van der Waals surface area (Å²) in [5.74, 6) is 0.312. The summed E-state index contributed by atoms with van der Waals surface area (Å²) >= 11 is 7.56. The monoisotopic (exact) mass is 540 g/mol. The van der Waals surface area contributed by atoms with Crippen LogP contribution in [0.25, 0.3) is 11.0 Å². The van der Waals surface area contributed by atoms with E-state index in [9.17, 15) is 8.42 Å². The molecule has 1 N–H and O–H groups in total. The molecule has 2 aliphatic heterocycles. The lowest BCUT2D eigenvalue weighted by Crippen LogP contribution is -2.38. The normalized spacial score (nSPS) is 17.1. The Bertz CT molecular complexity index is 1510. The number of nitrogens with zero attached hydrogens (tertiary/aromatic N) is 3. The molecule has 0 bridgehead atoms. The molecule has 0 saturated carbocycles. The lowest BCUT2D eigenvalue weighted by Gasteiger charge is -2.31. The van der Waals surface area contributed by atoms with E-state index in [1.807, 2.05) is 30.3 Å². The number of anilines is 1. The standard InChI is InChI=1S/C26H25ClN4O3S2/c27-20-8-6-17(7-9-20)18-12-15-31(16-13-18)36(32,33)23-11-10-22(25-26(23)30-34-29-25)35-21-5-1-3-19-4-2-14-28-24(19)21/h1,3,5-11,18,28H,2,4,12-16H2. The van der Waals surface area contributed by atoms with Crippen molar-refractivity contribution in [3.63, 3.8) is 0 Å². The Morgan fingerprint density at radius 2 is 1.75 bits per heavy atom. The molecule has 0 atom stereocenters. The van der Waals surface area contributed by atoms with E-state index in [0.717, 1.165) is 47.7 Å². The molecule has 3 heterocycles. The van der Waals surface area contributed by atoms with Gasteiger partial charge in [0, 0.05) is 34.4 Å². The Morgan fingerprint density at radius 1 is 0.972 bits per heavy atom. The number of fused-ring (bicyclic) bond motifs is 2. The van der Waals surface area contributed by atoms with Gasteiger partial charge in [0.2, 0.25) is 10.0 Å². The SMILES string of the molecule is O=S(=O)(c1ccc(Sc2cccc3c2NCCC3)c2nonc12)N1CCC(c2ccc(Cl)cc2)CC1. The molecule has 0 radical (unpaired) electrons. The van der Waals surface area contributed by atoms with Crippen LogP contribution < -0.4 is 5.32 Å². The first-order valence-electron chi connectivity index (χ1n) is 12.1. The fourth-order valence-electron chi connectivity index (χ4n) is 5.10. The van der Waals surface area contributed by atoms with Gasteiger partial charge in [-0.2, -0.15) is 4.31 Å². The summed E-state index contributed by atoms with van der Waals surface area (Å²) in [5.41, 5.74) is 4.36. The molecule has 0 aliphatic carbocycles. The molecule has 0 amide bonds. The summed E-state index contributed by atoms with van der Waals surface area (Å²) < 4.78 is 33.9. The van der Waals surface area contributed by atoms with Crippen LogP contribution in [0.4, 0.5) is 5.69 Å². The fraction of sp³-hybridized carbons (Fsp3) is 0.308. The summed E-state index contributed by atoms with van der Waals surface area (Å²) in [6.45, 7) is 1.83. The van der Waals surface area contributed by atoms with Crippen LogP contribution in [0.1, 0.15) is 36.3 Å². The summed E-state index contributed by atoms with van der Waals surface area (Å²) in [6, 6.07) is 17.5. The topological polar surface area (TPSA) is 88.3 Å². The number of aryl methyl sites for hydroxylation is 1. The fourth-order valence-corrected chi connectivity index (χ4v) is 7.87. The molecular weight excluding hydrogens is 516 g/mol. The van der Waals surface area contributed by atoms with Crippen LogP contribution in [-0.2, 0) is 16.4 Å². The summed E-state index contributed by atoms with van der Waals surface area (Å²) in [4.78, 5) is 2.03. The van der Waals surface area contributed by atoms with Gasteiger partial charge in [-0.15, -0.1) is 0 Å². The molecule has 0 unspecified atom stereocenters. The first-order chi connectivity index (χ1) is 17.5. The number of rotatable bonds is 5. The van der Waals surface area contributed by atoms with Crippen LogP contribution in [-0.4, -0.2) is 42.7 Å². The maximum absolute atomic E-state index is 13.6. The van der Waals surface area contributed by atoms with E-state index in [-0.39, 0.29) is 10.4 Å². The quantitative estimate of drug-likeness (QED) is 0.334. The van der Waals surface area contributed by atoms with Crippen LogP contribution in [0.5, 0.6) is 0 Å². The Labute approximate surface area is 219 Å². The lowest BCUT2D eigenvalue weighted by molar-refractivity contribution is 0.313. The number of nitrogens with one attached hydrogen (secondary N) is 1. The Morgan fingerprint density at radius 3 is 2.56 bits per heavy atom. The first-order valence-corrected chi connectivity index (χ1v) is 14.7. The Hall–Kier alpha value is -2.59. The van der Waals surface area contributed by atoms with E-state index in [0.29, 0.717) is 29.5 Å². The maximum Gasteiger partial charge on any atom is 0.245 e. The maximum atomic E-state index is 13.6. The van der Waals surface area contributed by atoms with Crippen molar-refractivity contribution >= 4 is 50.1 Å². The largest absolute Gasteiger partial charge is 0.384 e. The Balaban J connectivity index is 1.25. The number of aromatic nitrogens is 2. The van der Waals surface area contributed by atoms with Gasteiger partial charge in [-0.3, -0.25) is 0 Å². The predicted octanol–water partition coefficient (Wildman–Crippen LogP) is 5.95. The molecule has 4 aromatic rings. The smallest absolute Gasteiger partial charge is 0.245 e. The third-order valence-corrected chi connectivity index (χ3v) is 10.3. The summed E-state index contributed by atoms with van der Waals surface area (Å²) in [6.07, 6.45) is 3.66. The Kier molecular flexibility index (Phi) is 6.41. The molecule has 1 aromatic heterocycles. The van der Waals surface area contributed by atoms with E-state index >= 15 is 0 Å². The average Bonchev–Trinajstić information content (AvgIpc) is 3.40. The van der Waals surface area contributed by atoms with Crippen molar-refractivity contribution in [2.24, 2.45) is 0 Å². The molecule has 0 spiro atoms. The van der Waals surface area contributed by atoms with Crippen molar-refractivity contribution in [3.05, 3.63) is 70.7 Å². The van der Waals surface area contributed by atoms with E-state index in [1.165, 1.54) is 11.1 Å². The lowest BCUT2D eigenvalue weighted by atomic mass is 9.90. The van der Waals surface area contributed by atoms with Gasteiger partial charge >= 0.3 is 0 Å². The first kappa shape index (κ1) is 23.8. The van der Waals surface area contributed by atoms with Gasteiger partial charge in [-0.25, -0.2) is 13.0 Å². The summed E-state index contributed by atoms with van der Waals surface area (Å²) in [7, 11) is -3.75. The molecule has 1 saturated heterocycles. The van der Waals surface area contributed by atoms with Crippen LogP contribution in [0.2, 0.25) is 5.02 Å². The minimum Gasteiger partial charge on any atom is -0.384 e. The van der Waals surface area contributed by atoms with Gasteiger partial charge in [0.15, 0.2) is 11.0 Å². The molecule has 6 rings (SSSR count). The number of para-hydroxylation sites is 1. The molecule has 36 heavy (non-hydrogen) atoms. The number of piperidine rings is 1. The van der Waals surface area contributed by atoms with Crippen LogP contribution in [0, 0.1) is 0 Å². The number of sulfonamides is 1. The van der Waals surface area contributed by atoms with Gasteiger partial charge in [-0.05, 0) is 83.4 Å². The molecule has 7 nitrogen and oxygen atoms in total. The van der Waals surface area contributed by atoms with Gasteiger partial charge in [0.1, 0.15) is 4.90 Å². The molecule has 10 heteroatoms. The predicted molar refractivity (Wildman–Crippen MR) is 141 cm³/mol. The zero-order valence-corrected chi connectivity index (χ0v) is 21.9. The van der Waals surface area contributed by atoms with Crippen molar-refractivity contribution in [2.75, 3.05) is 25.0 Å².